The molecule has 0 amide bonds. The molecule has 0 bridgehead atoms. The smallest absolute Gasteiger partial charge is 0.211 e. The predicted octanol–water partition coefficient (Wildman–Crippen LogP) is 1.94. The van der Waals surface area contributed by atoms with Crippen molar-refractivity contribution in [2.75, 3.05) is 12.5 Å². The summed E-state index contributed by atoms with van der Waals surface area (Å²) >= 11 is 1.51. The van der Waals surface area contributed by atoms with Crippen LogP contribution in [0.2, 0.25) is 0 Å². The number of hydrogen-bond donors (Lipinski definition) is 1. The number of benzene rings is 1. The molecular formula is C14H21N5OS. The Kier molecular flexibility index (Phi) is 6.65. The average molecular weight is 307 g/mol. The van der Waals surface area contributed by atoms with E-state index in [0.29, 0.717) is 18.6 Å². The van der Waals surface area contributed by atoms with Gasteiger partial charge in [0, 0.05) is 12.6 Å². The van der Waals surface area contributed by atoms with E-state index in [0.717, 1.165) is 18.2 Å². The zero-order valence-electron chi connectivity index (χ0n) is 12.4. The van der Waals surface area contributed by atoms with Crippen LogP contribution >= 0.6 is 11.8 Å². The minimum atomic E-state index is 0.465. The first-order valence-electron chi connectivity index (χ1n) is 6.99. The fraction of sp³-hybridized carbons (Fsp3) is 0.500. The molecule has 6 nitrogen and oxygen atoms in total. The molecule has 0 saturated carbocycles. The molecule has 0 aliphatic rings. The first-order valence-corrected chi connectivity index (χ1v) is 7.98. The molecule has 0 aliphatic carbocycles. The van der Waals surface area contributed by atoms with Gasteiger partial charge < -0.3 is 10.1 Å². The Morgan fingerprint density at radius 1 is 1.29 bits per heavy atom. The summed E-state index contributed by atoms with van der Waals surface area (Å²) in [6.07, 6.45) is 0. The number of hydrogen-bond acceptors (Lipinski definition) is 6. The summed E-state index contributed by atoms with van der Waals surface area (Å²) in [5.74, 6) is 0.535. The molecule has 0 atom stereocenters. The van der Waals surface area contributed by atoms with Crippen LogP contribution in [-0.4, -0.2) is 38.7 Å². The summed E-state index contributed by atoms with van der Waals surface area (Å²) in [7, 11) is 0. The van der Waals surface area contributed by atoms with Crippen molar-refractivity contribution in [1.82, 2.24) is 25.5 Å². The third-order valence-corrected chi connectivity index (χ3v) is 3.59. The Labute approximate surface area is 129 Å². The van der Waals surface area contributed by atoms with Crippen molar-refractivity contribution in [1.29, 1.82) is 0 Å². The molecule has 21 heavy (non-hydrogen) atoms. The van der Waals surface area contributed by atoms with Crippen molar-refractivity contribution in [3.63, 3.8) is 0 Å². The van der Waals surface area contributed by atoms with Gasteiger partial charge in [-0.05, 0) is 16.0 Å². The van der Waals surface area contributed by atoms with E-state index in [1.807, 2.05) is 30.3 Å². The fourth-order valence-corrected chi connectivity index (χ4v) is 2.37. The minimum absolute atomic E-state index is 0.465. The van der Waals surface area contributed by atoms with Crippen molar-refractivity contribution >= 4 is 11.8 Å². The summed E-state index contributed by atoms with van der Waals surface area (Å²) in [5, 5.41) is 15.8. The molecule has 0 radical (unpaired) electrons. The topological polar surface area (TPSA) is 64.9 Å². The second-order valence-electron chi connectivity index (χ2n) is 4.89. The number of aromatic nitrogens is 4. The van der Waals surface area contributed by atoms with E-state index < -0.39 is 0 Å². The van der Waals surface area contributed by atoms with Gasteiger partial charge in [-0.1, -0.05) is 55.9 Å². The quantitative estimate of drug-likeness (QED) is 0.434. The van der Waals surface area contributed by atoms with Gasteiger partial charge in [-0.3, -0.25) is 0 Å². The van der Waals surface area contributed by atoms with Crippen molar-refractivity contribution in [3.05, 3.63) is 35.9 Å². The maximum atomic E-state index is 5.63. The molecule has 0 fully saturated rings. The van der Waals surface area contributed by atoms with E-state index in [-0.39, 0.29) is 0 Å². The van der Waals surface area contributed by atoms with Gasteiger partial charge in [0.1, 0.15) is 5.94 Å². The Hall–Kier alpha value is -1.44. The number of tetrazole rings is 1. The Morgan fingerprint density at radius 2 is 2.10 bits per heavy atom. The Bertz CT molecular complexity index is 517. The summed E-state index contributed by atoms with van der Waals surface area (Å²) < 4.78 is 7.43. The molecular weight excluding hydrogens is 286 g/mol. The lowest BCUT2D eigenvalue weighted by molar-refractivity contribution is 0.169. The molecule has 1 aromatic heterocycles. The van der Waals surface area contributed by atoms with Crippen LogP contribution in [0.4, 0.5) is 0 Å². The van der Waals surface area contributed by atoms with Crippen LogP contribution in [0.15, 0.2) is 35.5 Å². The second kappa shape index (κ2) is 8.76. The van der Waals surface area contributed by atoms with Crippen LogP contribution in [0.5, 0.6) is 0 Å². The predicted molar refractivity (Wildman–Crippen MR) is 82.9 cm³/mol. The van der Waals surface area contributed by atoms with Crippen molar-refractivity contribution in [2.45, 2.75) is 38.2 Å². The standard InChI is InChI=1S/C14H21N5OS/c1-12(2)15-8-9-19-14(16-17-18-19)21-11-20-10-13-6-4-3-5-7-13/h3-7,12,15H,8-11H2,1-2H3. The molecule has 1 aromatic carbocycles. The minimum Gasteiger partial charge on any atom is -0.366 e. The van der Waals surface area contributed by atoms with Crippen molar-refractivity contribution in [3.8, 4) is 0 Å². The lowest BCUT2D eigenvalue weighted by Gasteiger charge is -2.08. The molecule has 0 spiro atoms. The van der Waals surface area contributed by atoms with Gasteiger partial charge in [0.15, 0.2) is 0 Å². The molecule has 7 heteroatoms. The first-order chi connectivity index (χ1) is 10.3. The van der Waals surface area contributed by atoms with E-state index in [1.165, 1.54) is 17.3 Å². The molecule has 2 rings (SSSR count). The Morgan fingerprint density at radius 3 is 2.86 bits per heavy atom. The van der Waals surface area contributed by atoms with Crippen molar-refractivity contribution in [2.24, 2.45) is 0 Å². The number of nitrogens with one attached hydrogen (secondary N) is 1. The molecule has 2 aromatic rings. The van der Waals surface area contributed by atoms with Crippen molar-refractivity contribution < 1.29 is 4.74 Å². The molecule has 114 valence electrons. The highest BCUT2D eigenvalue weighted by molar-refractivity contribution is 7.99. The number of ether oxygens (including phenoxy) is 1. The highest BCUT2D eigenvalue weighted by atomic mass is 32.2. The van der Waals surface area contributed by atoms with Gasteiger partial charge in [-0.25, -0.2) is 4.68 Å². The number of rotatable bonds is 9. The summed E-state index contributed by atoms with van der Waals surface area (Å²) in [6.45, 7) is 6.44. The maximum absolute atomic E-state index is 5.63. The highest BCUT2D eigenvalue weighted by Gasteiger charge is 2.06. The lowest BCUT2D eigenvalue weighted by atomic mass is 10.2. The first kappa shape index (κ1) is 15.9. The van der Waals surface area contributed by atoms with E-state index >= 15 is 0 Å². The van der Waals surface area contributed by atoms with Gasteiger partial charge in [-0.15, -0.1) is 5.10 Å². The summed E-state index contributed by atoms with van der Waals surface area (Å²) in [4.78, 5) is 0. The normalized spacial score (nSPS) is 11.2. The van der Waals surface area contributed by atoms with Gasteiger partial charge in [0.25, 0.3) is 0 Å². The number of nitrogens with zero attached hydrogens (tertiary/aromatic N) is 4. The largest absolute Gasteiger partial charge is 0.366 e. The van der Waals surface area contributed by atoms with E-state index in [4.69, 9.17) is 4.74 Å². The second-order valence-corrected chi connectivity index (χ2v) is 5.78. The molecule has 0 aliphatic heterocycles. The van der Waals surface area contributed by atoms with E-state index in [1.54, 1.807) is 4.68 Å². The average Bonchev–Trinajstić information content (AvgIpc) is 2.92. The SMILES string of the molecule is CC(C)NCCn1nnnc1SCOCc1ccccc1. The fourth-order valence-electron chi connectivity index (χ4n) is 1.73. The molecule has 1 N–H and O–H groups in total. The molecule has 0 saturated heterocycles. The Balaban J connectivity index is 1.70. The van der Waals surface area contributed by atoms with Crippen LogP contribution in [-0.2, 0) is 17.9 Å². The lowest BCUT2D eigenvalue weighted by Crippen LogP contribution is -2.27. The van der Waals surface area contributed by atoms with Gasteiger partial charge in [-0.2, -0.15) is 0 Å². The maximum Gasteiger partial charge on any atom is 0.211 e. The monoisotopic (exact) mass is 307 g/mol. The van der Waals surface area contributed by atoms with Crippen LogP contribution in [0.3, 0.4) is 0 Å². The third-order valence-electron chi connectivity index (χ3n) is 2.76. The summed E-state index contributed by atoms with van der Waals surface area (Å²) in [6, 6.07) is 10.6. The number of thioether (sulfide) groups is 1. The van der Waals surface area contributed by atoms with E-state index in [2.05, 4.69) is 34.7 Å². The zero-order valence-corrected chi connectivity index (χ0v) is 13.2. The van der Waals surface area contributed by atoms with Gasteiger partial charge in [0.2, 0.25) is 5.16 Å². The van der Waals surface area contributed by atoms with Crippen LogP contribution in [0.25, 0.3) is 0 Å². The van der Waals surface area contributed by atoms with Gasteiger partial charge >= 0.3 is 0 Å². The molecule has 0 unspecified atom stereocenters. The molecule has 1 heterocycles. The summed E-state index contributed by atoms with van der Waals surface area (Å²) in [5.41, 5.74) is 1.17. The van der Waals surface area contributed by atoms with Crippen LogP contribution in [0, 0.1) is 0 Å². The zero-order chi connectivity index (χ0) is 14.9. The van der Waals surface area contributed by atoms with Crippen LogP contribution < -0.4 is 5.32 Å². The third kappa shape index (κ3) is 5.82. The van der Waals surface area contributed by atoms with E-state index in [9.17, 15) is 0 Å². The van der Waals surface area contributed by atoms with Crippen LogP contribution in [0.1, 0.15) is 19.4 Å². The highest BCUT2D eigenvalue weighted by Crippen LogP contribution is 2.14. The van der Waals surface area contributed by atoms with Gasteiger partial charge in [0.05, 0.1) is 13.2 Å².